The third kappa shape index (κ3) is 4.62. The molecule has 3 aromatic rings. The highest BCUT2D eigenvalue weighted by molar-refractivity contribution is 6.07. The topological polar surface area (TPSA) is 93.0 Å². The Labute approximate surface area is 187 Å². The van der Waals surface area contributed by atoms with Crippen LogP contribution in [-0.2, 0) is 4.74 Å². The van der Waals surface area contributed by atoms with Crippen LogP contribution in [0.1, 0.15) is 23.0 Å². The van der Waals surface area contributed by atoms with Gasteiger partial charge in [0.2, 0.25) is 5.71 Å². The molecule has 0 radical (unpaired) electrons. The number of carbonyl (C=O) groups excluding carboxylic acids is 1. The maximum atomic E-state index is 12.4. The summed E-state index contributed by atoms with van der Waals surface area (Å²) in [6, 6.07) is 8.20. The Morgan fingerprint density at radius 1 is 1.16 bits per heavy atom. The van der Waals surface area contributed by atoms with E-state index in [4.69, 9.17) is 13.9 Å². The fraction of sp³-hybridized carbons (Fsp3) is 0.435. The van der Waals surface area contributed by atoms with Crippen LogP contribution >= 0.6 is 0 Å². The Balaban J connectivity index is 1.34. The van der Waals surface area contributed by atoms with Gasteiger partial charge in [0, 0.05) is 45.0 Å². The van der Waals surface area contributed by atoms with Crippen LogP contribution in [0.2, 0.25) is 0 Å². The third-order valence-electron chi connectivity index (χ3n) is 5.67. The summed E-state index contributed by atoms with van der Waals surface area (Å²) in [5, 5.41) is 3.93. The van der Waals surface area contributed by atoms with E-state index in [-0.39, 0.29) is 0 Å². The van der Waals surface area contributed by atoms with Crippen molar-refractivity contribution >= 4 is 28.6 Å². The van der Waals surface area contributed by atoms with Crippen LogP contribution in [0.3, 0.4) is 0 Å². The molecule has 1 aromatic carbocycles. The van der Waals surface area contributed by atoms with Gasteiger partial charge in [-0.3, -0.25) is 4.90 Å². The Kier molecular flexibility index (Phi) is 6.75. The number of rotatable bonds is 8. The largest absolute Gasteiger partial charge is 0.497 e. The number of piperazine rings is 1. The number of nitrogens with one attached hydrogen (secondary N) is 1. The monoisotopic (exact) mass is 439 g/mol. The van der Waals surface area contributed by atoms with Gasteiger partial charge in [-0.05, 0) is 38.1 Å². The van der Waals surface area contributed by atoms with E-state index in [1.54, 1.807) is 21.0 Å². The molecule has 32 heavy (non-hydrogen) atoms. The van der Waals surface area contributed by atoms with E-state index < -0.39 is 5.97 Å². The molecule has 0 amide bonds. The Morgan fingerprint density at radius 2 is 1.91 bits per heavy atom. The van der Waals surface area contributed by atoms with Crippen LogP contribution in [0.5, 0.6) is 5.75 Å². The van der Waals surface area contributed by atoms with Gasteiger partial charge in [0.1, 0.15) is 29.2 Å². The van der Waals surface area contributed by atoms with Crippen molar-refractivity contribution in [2.24, 2.45) is 0 Å². The highest BCUT2D eigenvalue weighted by atomic mass is 16.5. The molecule has 4 rings (SSSR count). The van der Waals surface area contributed by atoms with Crippen molar-refractivity contribution in [1.82, 2.24) is 14.9 Å². The Morgan fingerprint density at radius 3 is 2.59 bits per heavy atom. The molecular formula is C23H29N5O4. The number of esters is 1. The van der Waals surface area contributed by atoms with Crippen LogP contribution in [0.4, 0.5) is 11.5 Å². The molecule has 1 saturated heterocycles. The predicted octanol–water partition coefficient (Wildman–Crippen LogP) is 2.95. The van der Waals surface area contributed by atoms with Crippen LogP contribution in [0, 0.1) is 6.92 Å². The second-order valence-electron chi connectivity index (χ2n) is 7.61. The van der Waals surface area contributed by atoms with Crippen molar-refractivity contribution in [2.45, 2.75) is 13.8 Å². The van der Waals surface area contributed by atoms with Gasteiger partial charge in [-0.2, -0.15) is 0 Å². The standard InChI is InChI=1S/C23H29N5O4/c1-4-31-23(29)19-16(2)32-22-20(19)21(25-15-26-22)24-9-10-27-11-13-28(14-12-27)17-5-7-18(30-3)8-6-17/h5-8,15H,4,9-14H2,1-3H3,(H,24,25,26). The average Bonchev–Trinajstić information content (AvgIpc) is 3.16. The lowest BCUT2D eigenvalue weighted by atomic mass is 10.2. The number of aromatic nitrogens is 2. The number of benzene rings is 1. The summed E-state index contributed by atoms with van der Waals surface area (Å²) in [5.41, 5.74) is 1.99. The predicted molar refractivity (Wildman–Crippen MR) is 123 cm³/mol. The first-order valence-corrected chi connectivity index (χ1v) is 10.9. The number of methoxy groups -OCH3 is 1. The second-order valence-corrected chi connectivity index (χ2v) is 7.61. The summed E-state index contributed by atoms with van der Waals surface area (Å²) in [4.78, 5) is 25.7. The number of nitrogens with zero attached hydrogens (tertiary/aromatic N) is 4. The number of hydrogen-bond acceptors (Lipinski definition) is 9. The maximum absolute atomic E-state index is 12.4. The zero-order valence-corrected chi connectivity index (χ0v) is 18.8. The van der Waals surface area contributed by atoms with E-state index in [0.717, 1.165) is 38.5 Å². The summed E-state index contributed by atoms with van der Waals surface area (Å²) in [6.07, 6.45) is 1.44. The van der Waals surface area contributed by atoms with E-state index in [1.807, 2.05) is 12.1 Å². The molecule has 1 aliphatic rings. The lowest BCUT2D eigenvalue weighted by Gasteiger charge is -2.36. The molecule has 0 saturated carbocycles. The molecule has 1 N–H and O–H groups in total. The van der Waals surface area contributed by atoms with Crippen LogP contribution in [-0.4, -0.2) is 73.8 Å². The maximum Gasteiger partial charge on any atom is 0.342 e. The summed E-state index contributed by atoms with van der Waals surface area (Å²) in [7, 11) is 1.68. The van der Waals surface area contributed by atoms with Gasteiger partial charge in [-0.25, -0.2) is 14.8 Å². The Hall–Kier alpha value is -3.33. The number of fused-ring (bicyclic) bond motifs is 1. The Bertz CT molecular complexity index is 1060. The molecule has 9 nitrogen and oxygen atoms in total. The first-order chi connectivity index (χ1) is 15.6. The molecule has 0 spiro atoms. The van der Waals surface area contributed by atoms with Crippen molar-refractivity contribution < 1.29 is 18.7 Å². The molecule has 2 aromatic heterocycles. The number of aryl methyl sites for hydroxylation is 1. The zero-order chi connectivity index (χ0) is 22.5. The molecule has 170 valence electrons. The zero-order valence-electron chi connectivity index (χ0n) is 18.8. The van der Waals surface area contributed by atoms with Gasteiger partial charge in [-0.1, -0.05) is 0 Å². The smallest absolute Gasteiger partial charge is 0.342 e. The van der Waals surface area contributed by atoms with Crippen molar-refractivity contribution in [3.05, 3.63) is 41.9 Å². The van der Waals surface area contributed by atoms with Crippen molar-refractivity contribution in [2.75, 3.05) is 63.2 Å². The van der Waals surface area contributed by atoms with Gasteiger partial charge in [-0.15, -0.1) is 0 Å². The summed E-state index contributed by atoms with van der Waals surface area (Å²) in [5.74, 6) is 1.52. The van der Waals surface area contributed by atoms with Crippen molar-refractivity contribution in [3.63, 3.8) is 0 Å². The normalized spacial score (nSPS) is 14.5. The summed E-state index contributed by atoms with van der Waals surface area (Å²) in [6.45, 7) is 9.27. The highest BCUT2D eigenvalue weighted by Gasteiger charge is 2.24. The SMILES string of the molecule is CCOC(=O)c1c(C)oc2ncnc(NCCN3CCN(c4ccc(OC)cc4)CC3)c12. The van der Waals surface area contributed by atoms with E-state index in [0.29, 0.717) is 41.4 Å². The lowest BCUT2D eigenvalue weighted by Crippen LogP contribution is -2.47. The van der Waals surface area contributed by atoms with E-state index in [9.17, 15) is 4.79 Å². The highest BCUT2D eigenvalue weighted by Crippen LogP contribution is 2.29. The molecule has 0 aliphatic carbocycles. The summed E-state index contributed by atoms with van der Waals surface area (Å²) < 4.78 is 16.1. The van der Waals surface area contributed by atoms with Crippen LogP contribution < -0.4 is 15.0 Å². The van der Waals surface area contributed by atoms with Gasteiger partial charge < -0.3 is 24.1 Å². The van der Waals surface area contributed by atoms with E-state index in [2.05, 4.69) is 37.2 Å². The molecule has 1 fully saturated rings. The van der Waals surface area contributed by atoms with E-state index in [1.165, 1.54) is 12.0 Å². The lowest BCUT2D eigenvalue weighted by molar-refractivity contribution is 0.0526. The second kappa shape index (κ2) is 9.86. The number of carbonyl (C=O) groups is 1. The molecule has 1 aliphatic heterocycles. The number of furan rings is 1. The number of ether oxygens (including phenoxy) is 2. The molecular weight excluding hydrogens is 410 g/mol. The van der Waals surface area contributed by atoms with Gasteiger partial charge in [0.15, 0.2) is 0 Å². The number of hydrogen-bond donors (Lipinski definition) is 1. The summed E-state index contributed by atoms with van der Waals surface area (Å²) >= 11 is 0. The first-order valence-electron chi connectivity index (χ1n) is 10.9. The van der Waals surface area contributed by atoms with Crippen molar-refractivity contribution in [1.29, 1.82) is 0 Å². The van der Waals surface area contributed by atoms with Gasteiger partial charge in [0.05, 0.1) is 19.1 Å². The molecule has 0 unspecified atom stereocenters. The molecule has 0 bridgehead atoms. The van der Waals surface area contributed by atoms with Gasteiger partial charge >= 0.3 is 5.97 Å². The van der Waals surface area contributed by atoms with Crippen LogP contribution in [0.15, 0.2) is 35.0 Å². The quantitative estimate of drug-likeness (QED) is 0.532. The minimum Gasteiger partial charge on any atom is -0.497 e. The minimum absolute atomic E-state index is 0.296. The average molecular weight is 440 g/mol. The molecule has 0 atom stereocenters. The third-order valence-corrected chi connectivity index (χ3v) is 5.67. The first kappa shape index (κ1) is 21.9. The van der Waals surface area contributed by atoms with Crippen molar-refractivity contribution in [3.8, 4) is 5.75 Å². The van der Waals surface area contributed by atoms with Crippen LogP contribution in [0.25, 0.3) is 11.1 Å². The fourth-order valence-electron chi connectivity index (χ4n) is 3.98. The molecule has 3 heterocycles. The minimum atomic E-state index is -0.420. The van der Waals surface area contributed by atoms with E-state index >= 15 is 0 Å². The number of anilines is 2. The fourth-order valence-corrected chi connectivity index (χ4v) is 3.98. The molecule has 9 heteroatoms. The van der Waals surface area contributed by atoms with Gasteiger partial charge in [0.25, 0.3) is 0 Å².